The summed E-state index contributed by atoms with van der Waals surface area (Å²) >= 11 is 0. The number of anilines is 1. The van der Waals surface area contributed by atoms with Crippen LogP contribution in [0.1, 0.15) is 12.8 Å². The summed E-state index contributed by atoms with van der Waals surface area (Å²) in [5.74, 6) is 1.06. The maximum atomic E-state index is 4.43. The van der Waals surface area contributed by atoms with Crippen molar-refractivity contribution in [3.63, 3.8) is 0 Å². The van der Waals surface area contributed by atoms with Crippen LogP contribution in [-0.2, 0) is 0 Å². The Bertz CT molecular complexity index is 317. The molecule has 0 saturated carbocycles. The van der Waals surface area contributed by atoms with Crippen molar-refractivity contribution in [3.05, 3.63) is 37.1 Å². The summed E-state index contributed by atoms with van der Waals surface area (Å²) in [6.45, 7) is 6.92. The van der Waals surface area contributed by atoms with Gasteiger partial charge in [-0.2, -0.15) is 0 Å². The number of aromatic nitrogens is 1. The molecule has 1 saturated heterocycles. The van der Waals surface area contributed by atoms with Crippen LogP contribution in [0.4, 0.5) is 5.82 Å². The van der Waals surface area contributed by atoms with E-state index >= 15 is 0 Å². The minimum absolute atomic E-state index is 0.592. The molecule has 1 aliphatic heterocycles. The molecule has 0 aliphatic carbocycles. The molecular formula is C13H19N3. The van der Waals surface area contributed by atoms with Crippen LogP contribution in [0.25, 0.3) is 0 Å². The third-order valence-corrected chi connectivity index (χ3v) is 3.02. The molecule has 1 aromatic rings. The molecule has 0 bridgehead atoms. The van der Waals surface area contributed by atoms with Gasteiger partial charge in [-0.05, 0) is 38.1 Å². The first-order valence-electron chi connectivity index (χ1n) is 5.91. The lowest BCUT2D eigenvalue weighted by molar-refractivity contribution is 0.435. The van der Waals surface area contributed by atoms with Gasteiger partial charge in [0.15, 0.2) is 0 Å². The van der Waals surface area contributed by atoms with Crippen molar-refractivity contribution in [2.24, 2.45) is 0 Å². The molecule has 0 aromatic carbocycles. The lowest BCUT2D eigenvalue weighted by atomic mass is 10.0. The third-order valence-electron chi connectivity index (χ3n) is 3.02. The molecule has 0 radical (unpaired) electrons. The van der Waals surface area contributed by atoms with E-state index in [-0.39, 0.29) is 0 Å². The number of nitrogens with zero attached hydrogens (tertiary/aromatic N) is 2. The van der Waals surface area contributed by atoms with Crippen molar-refractivity contribution in [1.82, 2.24) is 10.3 Å². The summed E-state index contributed by atoms with van der Waals surface area (Å²) in [6, 6.07) is 6.66. The van der Waals surface area contributed by atoms with Gasteiger partial charge < -0.3 is 10.2 Å². The van der Waals surface area contributed by atoms with E-state index in [2.05, 4.69) is 27.8 Å². The Morgan fingerprint density at radius 1 is 1.44 bits per heavy atom. The minimum atomic E-state index is 0.592. The normalized spacial score (nSPS) is 17.0. The highest BCUT2D eigenvalue weighted by Gasteiger charge is 2.20. The van der Waals surface area contributed by atoms with E-state index < -0.39 is 0 Å². The van der Waals surface area contributed by atoms with Crippen molar-refractivity contribution in [3.8, 4) is 0 Å². The van der Waals surface area contributed by atoms with Crippen LogP contribution in [0.15, 0.2) is 37.1 Å². The lowest BCUT2D eigenvalue weighted by Gasteiger charge is -2.34. The first kappa shape index (κ1) is 11.1. The molecule has 1 fully saturated rings. The Hall–Kier alpha value is -1.35. The molecule has 86 valence electrons. The molecule has 16 heavy (non-hydrogen) atoms. The van der Waals surface area contributed by atoms with Gasteiger partial charge >= 0.3 is 0 Å². The van der Waals surface area contributed by atoms with E-state index in [9.17, 15) is 0 Å². The van der Waals surface area contributed by atoms with Gasteiger partial charge in [0.25, 0.3) is 0 Å². The molecule has 2 rings (SSSR count). The van der Waals surface area contributed by atoms with Crippen LogP contribution < -0.4 is 10.2 Å². The lowest BCUT2D eigenvalue weighted by Crippen LogP contribution is -2.43. The highest BCUT2D eigenvalue weighted by Crippen LogP contribution is 2.18. The molecule has 0 atom stereocenters. The van der Waals surface area contributed by atoms with E-state index in [0.29, 0.717) is 6.04 Å². The monoisotopic (exact) mass is 217 g/mol. The standard InChI is InChI=1S/C13H19N3/c1-2-11-16(12-6-9-14-10-7-12)13-5-3-4-8-15-13/h2-5,8,12,14H,1,6-7,9-11H2. The zero-order valence-corrected chi connectivity index (χ0v) is 9.60. The zero-order valence-electron chi connectivity index (χ0n) is 9.60. The number of piperidine rings is 1. The van der Waals surface area contributed by atoms with Crippen LogP contribution >= 0.6 is 0 Å². The number of hydrogen-bond donors (Lipinski definition) is 1. The number of hydrogen-bond acceptors (Lipinski definition) is 3. The van der Waals surface area contributed by atoms with E-state index in [1.165, 1.54) is 12.8 Å². The number of pyridine rings is 1. The van der Waals surface area contributed by atoms with Gasteiger partial charge in [0.05, 0.1) is 0 Å². The zero-order chi connectivity index (χ0) is 11.2. The predicted octanol–water partition coefficient (Wildman–Crippen LogP) is 1.83. The summed E-state index contributed by atoms with van der Waals surface area (Å²) in [5, 5.41) is 3.39. The quantitative estimate of drug-likeness (QED) is 0.780. The molecule has 1 aromatic heterocycles. The van der Waals surface area contributed by atoms with Crippen molar-refractivity contribution < 1.29 is 0 Å². The fraction of sp³-hybridized carbons (Fsp3) is 0.462. The van der Waals surface area contributed by atoms with Crippen LogP contribution in [-0.4, -0.2) is 30.7 Å². The Labute approximate surface area is 97.2 Å². The van der Waals surface area contributed by atoms with Crippen molar-refractivity contribution in [2.45, 2.75) is 18.9 Å². The average Bonchev–Trinajstić information content (AvgIpc) is 2.38. The molecule has 3 nitrogen and oxygen atoms in total. The van der Waals surface area contributed by atoms with Gasteiger partial charge in [0, 0.05) is 18.8 Å². The molecule has 1 aliphatic rings. The maximum Gasteiger partial charge on any atom is 0.128 e. The fourth-order valence-electron chi connectivity index (χ4n) is 2.21. The van der Waals surface area contributed by atoms with Gasteiger partial charge in [0.2, 0.25) is 0 Å². The highest BCUT2D eigenvalue weighted by molar-refractivity contribution is 5.40. The summed E-state index contributed by atoms with van der Waals surface area (Å²) in [6.07, 6.45) is 6.18. The van der Waals surface area contributed by atoms with E-state index in [4.69, 9.17) is 0 Å². The van der Waals surface area contributed by atoms with Crippen LogP contribution in [0, 0.1) is 0 Å². The van der Waals surface area contributed by atoms with Crippen LogP contribution in [0.5, 0.6) is 0 Å². The first-order valence-corrected chi connectivity index (χ1v) is 5.91. The van der Waals surface area contributed by atoms with E-state index in [1.54, 1.807) is 0 Å². The second-order valence-electron chi connectivity index (χ2n) is 4.11. The largest absolute Gasteiger partial charge is 0.350 e. The number of nitrogens with one attached hydrogen (secondary N) is 1. The van der Waals surface area contributed by atoms with E-state index in [0.717, 1.165) is 25.5 Å². The van der Waals surface area contributed by atoms with Crippen LogP contribution in [0.2, 0.25) is 0 Å². The second kappa shape index (κ2) is 5.66. The average molecular weight is 217 g/mol. The van der Waals surface area contributed by atoms with Gasteiger partial charge in [-0.15, -0.1) is 6.58 Å². The molecule has 0 amide bonds. The summed E-state index contributed by atoms with van der Waals surface area (Å²) < 4.78 is 0. The van der Waals surface area contributed by atoms with Gasteiger partial charge in [-0.3, -0.25) is 0 Å². The summed E-state index contributed by atoms with van der Waals surface area (Å²) in [4.78, 5) is 6.79. The summed E-state index contributed by atoms with van der Waals surface area (Å²) in [7, 11) is 0. The third kappa shape index (κ3) is 2.61. The Balaban J connectivity index is 2.12. The Morgan fingerprint density at radius 3 is 2.88 bits per heavy atom. The fourth-order valence-corrected chi connectivity index (χ4v) is 2.21. The second-order valence-corrected chi connectivity index (χ2v) is 4.11. The molecule has 2 heterocycles. The van der Waals surface area contributed by atoms with Gasteiger partial charge in [-0.25, -0.2) is 4.98 Å². The SMILES string of the molecule is C=CCN(c1ccccn1)C1CCNCC1. The summed E-state index contributed by atoms with van der Waals surface area (Å²) in [5.41, 5.74) is 0. The van der Waals surface area contributed by atoms with Gasteiger partial charge in [0.1, 0.15) is 5.82 Å². The molecule has 1 N–H and O–H groups in total. The Kier molecular flexibility index (Phi) is 3.94. The predicted molar refractivity (Wildman–Crippen MR) is 67.7 cm³/mol. The van der Waals surface area contributed by atoms with Crippen molar-refractivity contribution in [2.75, 3.05) is 24.5 Å². The van der Waals surface area contributed by atoms with Gasteiger partial charge in [-0.1, -0.05) is 12.1 Å². The Morgan fingerprint density at radius 2 is 2.25 bits per heavy atom. The van der Waals surface area contributed by atoms with Crippen molar-refractivity contribution >= 4 is 5.82 Å². The number of rotatable bonds is 4. The smallest absolute Gasteiger partial charge is 0.128 e. The van der Waals surface area contributed by atoms with Crippen LogP contribution in [0.3, 0.4) is 0 Å². The van der Waals surface area contributed by atoms with Crippen molar-refractivity contribution in [1.29, 1.82) is 0 Å². The highest BCUT2D eigenvalue weighted by atomic mass is 15.2. The molecule has 0 spiro atoms. The molecule has 0 unspecified atom stereocenters. The topological polar surface area (TPSA) is 28.2 Å². The molecule has 3 heteroatoms. The maximum absolute atomic E-state index is 4.43. The molecular weight excluding hydrogens is 198 g/mol. The minimum Gasteiger partial charge on any atom is -0.350 e. The first-order chi connectivity index (χ1) is 7.92. The van der Waals surface area contributed by atoms with E-state index in [1.807, 2.05) is 24.4 Å².